The fourth-order valence-corrected chi connectivity index (χ4v) is 1.62. The van der Waals surface area contributed by atoms with Crippen molar-refractivity contribution in [1.29, 1.82) is 0 Å². The summed E-state index contributed by atoms with van der Waals surface area (Å²) in [4.78, 5) is 0. The second-order valence-electron chi connectivity index (χ2n) is 3.87. The van der Waals surface area contributed by atoms with Crippen LogP contribution in [0.3, 0.4) is 0 Å². The van der Waals surface area contributed by atoms with E-state index in [1.807, 2.05) is 6.92 Å². The monoisotopic (exact) mass is 208 g/mol. The fourth-order valence-electron chi connectivity index (χ4n) is 1.62. The number of aryl methyl sites for hydroxylation is 1. The van der Waals surface area contributed by atoms with Gasteiger partial charge in [-0.25, -0.2) is 0 Å². The minimum atomic E-state index is 0.274. The van der Waals surface area contributed by atoms with Crippen molar-refractivity contribution in [1.82, 2.24) is 0 Å². The number of rotatable bonds is 4. The van der Waals surface area contributed by atoms with Crippen molar-refractivity contribution in [2.75, 3.05) is 19.0 Å². The lowest BCUT2D eigenvalue weighted by atomic mass is 10.1. The molecule has 0 saturated carbocycles. The van der Waals surface area contributed by atoms with Crippen molar-refractivity contribution in [2.24, 2.45) is 5.73 Å². The summed E-state index contributed by atoms with van der Waals surface area (Å²) < 4.78 is 5.36. The molecule has 3 heteroatoms. The largest absolute Gasteiger partial charge is 0.496 e. The van der Waals surface area contributed by atoms with E-state index in [2.05, 4.69) is 31.3 Å². The van der Waals surface area contributed by atoms with Crippen LogP contribution in [0.1, 0.15) is 18.1 Å². The Morgan fingerprint density at radius 3 is 2.60 bits per heavy atom. The second-order valence-corrected chi connectivity index (χ2v) is 3.87. The molecule has 0 heterocycles. The maximum absolute atomic E-state index is 5.58. The van der Waals surface area contributed by atoms with E-state index < -0.39 is 0 Å². The van der Waals surface area contributed by atoms with E-state index in [4.69, 9.17) is 10.5 Å². The number of benzene rings is 1. The Kier molecular flexibility index (Phi) is 3.97. The summed E-state index contributed by atoms with van der Waals surface area (Å²) in [5, 5.41) is 3.36. The van der Waals surface area contributed by atoms with Gasteiger partial charge >= 0.3 is 0 Å². The Balaban J connectivity index is 2.99. The van der Waals surface area contributed by atoms with Crippen molar-refractivity contribution in [3.05, 3.63) is 23.3 Å². The number of ether oxygens (including phenoxy) is 1. The highest BCUT2D eigenvalue weighted by molar-refractivity contribution is 5.60. The van der Waals surface area contributed by atoms with Crippen LogP contribution in [-0.2, 0) is 0 Å². The van der Waals surface area contributed by atoms with E-state index >= 15 is 0 Å². The molecule has 1 aromatic rings. The maximum atomic E-state index is 5.58. The van der Waals surface area contributed by atoms with Gasteiger partial charge in [-0.05, 0) is 32.4 Å². The lowest BCUT2D eigenvalue weighted by Gasteiger charge is -2.18. The summed E-state index contributed by atoms with van der Waals surface area (Å²) in [7, 11) is 1.70. The summed E-state index contributed by atoms with van der Waals surface area (Å²) >= 11 is 0. The Morgan fingerprint density at radius 1 is 1.40 bits per heavy atom. The predicted molar refractivity (Wildman–Crippen MR) is 64.6 cm³/mol. The average Bonchev–Trinajstić information content (AvgIpc) is 2.23. The van der Waals surface area contributed by atoms with Crippen LogP contribution in [0.25, 0.3) is 0 Å². The first kappa shape index (κ1) is 11.9. The van der Waals surface area contributed by atoms with Crippen molar-refractivity contribution in [3.63, 3.8) is 0 Å². The molecule has 0 radical (unpaired) electrons. The van der Waals surface area contributed by atoms with Gasteiger partial charge in [0.2, 0.25) is 0 Å². The standard InChI is InChI=1S/C12H20N2O/c1-8-5-6-11(14-9(2)7-13)10(3)12(8)15-4/h5-6,9,14H,7,13H2,1-4H3. The molecule has 84 valence electrons. The number of hydrogen-bond donors (Lipinski definition) is 2. The average molecular weight is 208 g/mol. The topological polar surface area (TPSA) is 47.3 Å². The Hall–Kier alpha value is -1.22. The SMILES string of the molecule is COc1c(C)ccc(NC(C)CN)c1C. The molecule has 1 atom stereocenters. The van der Waals surface area contributed by atoms with E-state index in [1.54, 1.807) is 7.11 Å². The van der Waals surface area contributed by atoms with Gasteiger partial charge < -0.3 is 15.8 Å². The van der Waals surface area contributed by atoms with Gasteiger partial charge in [0.05, 0.1) is 7.11 Å². The van der Waals surface area contributed by atoms with Crippen LogP contribution in [0.2, 0.25) is 0 Å². The Bertz CT molecular complexity index is 337. The lowest BCUT2D eigenvalue weighted by molar-refractivity contribution is 0.409. The molecule has 0 bridgehead atoms. The maximum Gasteiger partial charge on any atom is 0.126 e. The fraction of sp³-hybridized carbons (Fsp3) is 0.500. The normalized spacial score (nSPS) is 12.3. The van der Waals surface area contributed by atoms with Crippen LogP contribution in [0.4, 0.5) is 5.69 Å². The van der Waals surface area contributed by atoms with E-state index in [0.29, 0.717) is 6.54 Å². The molecule has 0 fully saturated rings. The molecule has 0 saturated heterocycles. The van der Waals surface area contributed by atoms with Gasteiger partial charge in [0.15, 0.2) is 0 Å². The third-order valence-electron chi connectivity index (χ3n) is 2.56. The summed E-state index contributed by atoms with van der Waals surface area (Å²) in [5.41, 5.74) is 8.96. The molecule has 0 spiro atoms. The van der Waals surface area contributed by atoms with E-state index in [0.717, 1.165) is 22.6 Å². The zero-order valence-corrected chi connectivity index (χ0v) is 9.92. The Morgan fingerprint density at radius 2 is 2.07 bits per heavy atom. The van der Waals surface area contributed by atoms with Gasteiger partial charge in [0.1, 0.15) is 5.75 Å². The van der Waals surface area contributed by atoms with E-state index in [-0.39, 0.29) is 6.04 Å². The van der Waals surface area contributed by atoms with Crippen LogP contribution in [0, 0.1) is 13.8 Å². The van der Waals surface area contributed by atoms with Crippen LogP contribution < -0.4 is 15.8 Å². The zero-order chi connectivity index (χ0) is 11.4. The first-order chi connectivity index (χ1) is 7.10. The number of anilines is 1. The van der Waals surface area contributed by atoms with Crippen molar-refractivity contribution in [3.8, 4) is 5.75 Å². The lowest BCUT2D eigenvalue weighted by Crippen LogP contribution is -2.25. The van der Waals surface area contributed by atoms with Crippen LogP contribution in [-0.4, -0.2) is 19.7 Å². The molecule has 15 heavy (non-hydrogen) atoms. The predicted octanol–water partition coefficient (Wildman–Crippen LogP) is 2.07. The highest BCUT2D eigenvalue weighted by atomic mass is 16.5. The van der Waals surface area contributed by atoms with Gasteiger partial charge in [-0.2, -0.15) is 0 Å². The van der Waals surface area contributed by atoms with Crippen LogP contribution in [0.15, 0.2) is 12.1 Å². The first-order valence-corrected chi connectivity index (χ1v) is 5.21. The zero-order valence-electron chi connectivity index (χ0n) is 9.92. The highest BCUT2D eigenvalue weighted by Crippen LogP contribution is 2.29. The van der Waals surface area contributed by atoms with Gasteiger partial charge in [-0.15, -0.1) is 0 Å². The smallest absolute Gasteiger partial charge is 0.126 e. The van der Waals surface area contributed by atoms with Crippen molar-refractivity contribution < 1.29 is 4.74 Å². The van der Waals surface area contributed by atoms with Gasteiger partial charge in [-0.3, -0.25) is 0 Å². The van der Waals surface area contributed by atoms with Crippen LogP contribution >= 0.6 is 0 Å². The molecule has 1 rings (SSSR count). The number of methoxy groups -OCH3 is 1. The summed E-state index contributed by atoms with van der Waals surface area (Å²) in [6, 6.07) is 4.40. The molecular weight excluding hydrogens is 188 g/mol. The summed E-state index contributed by atoms with van der Waals surface area (Å²) in [6.45, 7) is 6.78. The molecule has 1 unspecified atom stereocenters. The van der Waals surface area contributed by atoms with Gasteiger partial charge in [-0.1, -0.05) is 6.07 Å². The minimum absolute atomic E-state index is 0.274. The second kappa shape index (κ2) is 5.03. The molecule has 0 amide bonds. The number of nitrogens with two attached hydrogens (primary N) is 1. The Labute approximate surface area is 91.6 Å². The summed E-state index contributed by atoms with van der Waals surface area (Å²) in [6.07, 6.45) is 0. The molecule has 3 nitrogen and oxygen atoms in total. The van der Waals surface area contributed by atoms with E-state index in [9.17, 15) is 0 Å². The molecule has 0 aliphatic carbocycles. The number of hydrogen-bond acceptors (Lipinski definition) is 3. The molecular formula is C12H20N2O. The molecule has 3 N–H and O–H groups in total. The van der Waals surface area contributed by atoms with Crippen molar-refractivity contribution in [2.45, 2.75) is 26.8 Å². The third kappa shape index (κ3) is 2.63. The van der Waals surface area contributed by atoms with Gasteiger partial charge in [0.25, 0.3) is 0 Å². The summed E-state index contributed by atoms with van der Waals surface area (Å²) in [5.74, 6) is 0.948. The molecule has 0 aromatic heterocycles. The molecule has 0 aliphatic heterocycles. The van der Waals surface area contributed by atoms with Crippen molar-refractivity contribution >= 4 is 5.69 Å². The van der Waals surface area contributed by atoms with Gasteiger partial charge in [0, 0.05) is 23.8 Å². The quantitative estimate of drug-likeness (QED) is 0.796. The van der Waals surface area contributed by atoms with E-state index in [1.165, 1.54) is 0 Å². The number of nitrogens with one attached hydrogen (secondary N) is 1. The minimum Gasteiger partial charge on any atom is -0.496 e. The highest BCUT2D eigenvalue weighted by Gasteiger charge is 2.08. The molecule has 1 aromatic carbocycles. The first-order valence-electron chi connectivity index (χ1n) is 5.21. The third-order valence-corrected chi connectivity index (χ3v) is 2.56. The van der Waals surface area contributed by atoms with Crippen LogP contribution in [0.5, 0.6) is 5.75 Å². The molecule has 0 aliphatic rings.